The second-order valence-electron chi connectivity index (χ2n) is 4.86. The highest BCUT2D eigenvalue weighted by Gasteiger charge is 2.12. The first-order valence-corrected chi connectivity index (χ1v) is 7.32. The molecule has 3 aromatic rings. The van der Waals surface area contributed by atoms with Crippen molar-refractivity contribution in [2.75, 3.05) is 16.6 Å². The molecule has 0 atom stereocenters. The highest BCUT2D eigenvalue weighted by molar-refractivity contribution is 5.95. The van der Waals surface area contributed by atoms with E-state index in [4.69, 9.17) is 10.2 Å². The van der Waals surface area contributed by atoms with Gasteiger partial charge in [-0.25, -0.2) is 9.97 Å². The molecule has 0 aliphatic heterocycles. The maximum absolute atomic E-state index is 12.0. The van der Waals surface area contributed by atoms with Crippen LogP contribution >= 0.6 is 0 Å². The van der Waals surface area contributed by atoms with Gasteiger partial charge in [0.25, 0.3) is 5.91 Å². The summed E-state index contributed by atoms with van der Waals surface area (Å²) in [4.78, 5) is 35.5. The van der Waals surface area contributed by atoms with Crippen LogP contribution in [0, 0.1) is 0 Å². The van der Waals surface area contributed by atoms with Crippen LogP contribution in [0.3, 0.4) is 0 Å². The van der Waals surface area contributed by atoms with Crippen LogP contribution < -0.4 is 27.4 Å². The van der Waals surface area contributed by atoms with Gasteiger partial charge in [-0.15, -0.1) is 0 Å². The summed E-state index contributed by atoms with van der Waals surface area (Å²) in [6.07, 6.45) is 5.58. The highest BCUT2D eigenvalue weighted by Crippen LogP contribution is 2.21. The number of furan rings is 1. The van der Waals surface area contributed by atoms with E-state index in [9.17, 15) is 9.59 Å². The van der Waals surface area contributed by atoms with Crippen LogP contribution in [0.15, 0.2) is 53.7 Å². The van der Waals surface area contributed by atoms with Crippen LogP contribution in [0.1, 0.15) is 20.9 Å². The van der Waals surface area contributed by atoms with Gasteiger partial charge in [0, 0.05) is 18.0 Å². The summed E-state index contributed by atoms with van der Waals surface area (Å²) in [7, 11) is 0. The number of nitrogens with zero attached hydrogens (tertiary/aromatic N) is 3. The van der Waals surface area contributed by atoms with E-state index in [1.54, 1.807) is 18.2 Å². The fourth-order valence-corrected chi connectivity index (χ4v) is 1.87. The molecule has 0 saturated carbocycles. The van der Waals surface area contributed by atoms with E-state index >= 15 is 0 Å². The largest absolute Gasteiger partial charge is 0.459 e. The van der Waals surface area contributed by atoms with Gasteiger partial charge in [0.2, 0.25) is 0 Å². The van der Waals surface area contributed by atoms with Gasteiger partial charge < -0.3 is 10.2 Å². The Morgan fingerprint density at radius 1 is 0.962 bits per heavy atom. The summed E-state index contributed by atoms with van der Waals surface area (Å²) in [5, 5.41) is 0. The average Bonchev–Trinajstić information content (AvgIpc) is 3.21. The number of nitrogens with one attached hydrogen (secondary N) is 4. The van der Waals surface area contributed by atoms with Crippen molar-refractivity contribution >= 4 is 29.1 Å². The van der Waals surface area contributed by atoms with Crippen molar-refractivity contribution in [1.29, 1.82) is 0 Å². The van der Waals surface area contributed by atoms with Crippen molar-refractivity contribution < 1.29 is 14.0 Å². The van der Waals surface area contributed by atoms with Crippen molar-refractivity contribution in [1.82, 2.24) is 25.8 Å². The zero-order chi connectivity index (χ0) is 18.4. The average molecular weight is 354 g/mol. The monoisotopic (exact) mass is 354 g/mol. The number of aromatic nitrogens is 3. The van der Waals surface area contributed by atoms with Gasteiger partial charge in [0.1, 0.15) is 12.0 Å². The molecule has 0 radical (unpaired) electrons. The maximum Gasteiger partial charge on any atom is 0.305 e. The van der Waals surface area contributed by atoms with Crippen LogP contribution in [0.5, 0.6) is 0 Å². The molecule has 0 aliphatic rings. The van der Waals surface area contributed by atoms with Crippen molar-refractivity contribution in [3.63, 3.8) is 0 Å². The lowest BCUT2D eigenvalue weighted by Gasteiger charge is -2.13. The molecule has 6 N–H and O–H groups in total. The minimum atomic E-state index is -0.506. The van der Waals surface area contributed by atoms with Gasteiger partial charge in [-0.1, -0.05) is 0 Å². The summed E-state index contributed by atoms with van der Waals surface area (Å²) in [5.41, 5.74) is 16.4. The Morgan fingerprint density at radius 3 is 2.23 bits per heavy atom. The molecule has 3 heterocycles. The lowest BCUT2D eigenvalue weighted by atomic mass is 10.3. The quantitative estimate of drug-likeness (QED) is 0.398. The number of hydrazine groups is 2. The lowest BCUT2D eigenvalue weighted by molar-refractivity contribution is 0.0933. The molecule has 0 fully saturated rings. The Balaban J connectivity index is 1.62. The number of hydrogen-bond donors (Lipinski definition) is 5. The zero-order valence-electron chi connectivity index (χ0n) is 13.3. The number of amides is 2. The normalized spacial score (nSPS) is 10.0. The van der Waals surface area contributed by atoms with Crippen molar-refractivity contribution in [2.24, 2.45) is 0 Å². The summed E-state index contributed by atoms with van der Waals surface area (Å²) < 4.78 is 4.96. The van der Waals surface area contributed by atoms with Crippen LogP contribution in [0.25, 0.3) is 0 Å². The molecule has 0 aromatic carbocycles. The minimum Gasteiger partial charge on any atom is -0.459 e. The Morgan fingerprint density at radius 2 is 1.62 bits per heavy atom. The Labute approximate surface area is 147 Å². The molecule has 11 nitrogen and oxygen atoms in total. The molecule has 0 spiro atoms. The van der Waals surface area contributed by atoms with Gasteiger partial charge in [0.05, 0.1) is 6.26 Å². The van der Waals surface area contributed by atoms with Crippen LogP contribution in [0.4, 0.5) is 17.3 Å². The number of carbonyl (C=O) groups is 2. The summed E-state index contributed by atoms with van der Waals surface area (Å²) in [6, 6.07) is 6.19. The van der Waals surface area contributed by atoms with Gasteiger partial charge in [-0.3, -0.25) is 36.3 Å². The highest BCUT2D eigenvalue weighted by atomic mass is 16.3. The second kappa shape index (κ2) is 7.61. The van der Waals surface area contributed by atoms with Gasteiger partial charge >= 0.3 is 5.91 Å². The van der Waals surface area contributed by atoms with Crippen LogP contribution in [-0.2, 0) is 0 Å². The first-order chi connectivity index (χ1) is 12.6. The Kier molecular flexibility index (Phi) is 4.89. The molecule has 26 heavy (non-hydrogen) atoms. The first kappa shape index (κ1) is 16.7. The fourth-order valence-electron chi connectivity index (χ4n) is 1.87. The van der Waals surface area contributed by atoms with Crippen molar-refractivity contribution in [3.8, 4) is 0 Å². The molecular formula is C15H14N8O3. The van der Waals surface area contributed by atoms with E-state index in [2.05, 4.69) is 36.7 Å². The van der Waals surface area contributed by atoms with Crippen molar-refractivity contribution in [3.05, 3.63) is 60.6 Å². The molecule has 3 rings (SSSR count). The first-order valence-electron chi connectivity index (χ1n) is 7.32. The molecule has 11 heteroatoms. The predicted molar refractivity (Wildman–Crippen MR) is 91.6 cm³/mol. The lowest BCUT2D eigenvalue weighted by Crippen LogP contribution is -2.32. The van der Waals surface area contributed by atoms with Gasteiger partial charge in [-0.2, -0.15) is 0 Å². The molecule has 0 aliphatic carbocycles. The second-order valence-corrected chi connectivity index (χ2v) is 4.86. The topological polar surface area (TPSA) is 160 Å². The number of rotatable bonds is 6. The smallest absolute Gasteiger partial charge is 0.305 e. The van der Waals surface area contributed by atoms with E-state index < -0.39 is 11.8 Å². The summed E-state index contributed by atoms with van der Waals surface area (Å²) in [5.74, 6) is -0.495. The number of hydrogen-bond acceptors (Lipinski definition) is 9. The standard InChI is InChI=1S/C15H14N8O3/c16-11-12(20-22-14(24)9-3-5-17-6-4-9)18-8-19-13(11)21-23-15(25)10-2-1-7-26-10/h1-8H,16H2,(H,22,24)(H,23,25)(H2,18,19,20,21). The van der Waals surface area contributed by atoms with Crippen molar-refractivity contribution in [2.45, 2.75) is 0 Å². The van der Waals surface area contributed by atoms with E-state index in [0.717, 1.165) is 0 Å². The molecule has 0 unspecified atom stereocenters. The summed E-state index contributed by atoms with van der Waals surface area (Å²) in [6.45, 7) is 0. The molecule has 3 aromatic heterocycles. The summed E-state index contributed by atoms with van der Waals surface area (Å²) >= 11 is 0. The number of nitrogen functional groups attached to an aromatic ring is 1. The van der Waals surface area contributed by atoms with E-state index in [1.165, 1.54) is 31.1 Å². The van der Waals surface area contributed by atoms with E-state index in [0.29, 0.717) is 5.56 Å². The molecule has 2 amide bonds. The Bertz CT molecular complexity index is 899. The zero-order valence-corrected chi connectivity index (χ0v) is 13.3. The third kappa shape index (κ3) is 3.84. The predicted octanol–water partition coefficient (Wildman–Crippen LogP) is 0.561. The third-order valence-corrected chi connectivity index (χ3v) is 3.16. The number of pyridine rings is 1. The fraction of sp³-hybridized carbons (Fsp3) is 0. The number of nitrogens with two attached hydrogens (primary N) is 1. The van der Waals surface area contributed by atoms with Gasteiger partial charge in [0.15, 0.2) is 17.4 Å². The van der Waals surface area contributed by atoms with Crippen LogP contribution in [0.2, 0.25) is 0 Å². The minimum absolute atomic E-state index is 0.0854. The molecule has 132 valence electrons. The van der Waals surface area contributed by atoms with E-state index in [1.807, 2.05) is 0 Å². The van der Waals surface area contributed by atoms with Crippen LogP contribution in [-0.4, -0.2) is 26.8 Å². The Hall–Kier alpha value is -4.15. The molecular weight excluding hydrogens is 340 g/mol. The van der Waals surface area contributed by atoms with Gasteiger partial charge in [-0.05, 0) is 24.3 Å². The third-order valence-electron chi connectivity index (χ3n) is 3.16. The molecule has 0 saturated heterocycles. The number of anilines is 3. The molecule has 0 bridgehead atoms. The SMILES string of the molecule is Nc1c(NNC(=O)c2ccncc2)ncnc1NNC(=O)c1ccco1. The van der Waals surface area contributed by atoms with E-state index in [-0.39, 0.29) is 23.1 Å². The number of carbonyl (C=O) groups excluding carboxylic acids is 2. The maximum atomic E-state index is 12.0.